The van der Waals surface area contributed by atoms with Gasteiger partial charge < -0.3 is 14.8 Å². The fourth-order valence-corrected chi connectivity index (χ4v) is 3.49. The Bertz CT molecular complexity index is 994. The molecule has 0 fully saturated rings. The molecule has 3 rings (SSSR count). The number of carbonyl (C=O) groups is 1. The number of carboxylic acids is 1. The summed E-state index contributed by atoms with van der Waals surface area (Å²) in [6.45, 7) is -0.381. The highest BCUT2D eigenvalue weighted by Crippen LogP contribution is 2.25. The summed E-state index contributed by atoms with van der Waals surface area (Å²) in [6, 6.07) is 12.8. The largest absolute Gasteiger partial charge is 0.480 e. The number of rotatable bonds is 6. The number of sulfonamides is 1. The van der Waals surface area contributed by atoms with Gasteiger partial charge in [-0.3, -0.25) is 9.52 Å². The third kappa shape index (κ3) is 3.33. The van der Waals surface area contributed by atoms with Gasteiger partial charge in [0.1, 0.15) is 17.0 Å². The molecule has 7 nitrogen and oxygen atoms in total. The van der Waals surface area contributed by atoms with Crippen LogP contribution in [0.5, 0.6) is 0 Å². The first-order chi connectivity index (χ1) is 11.5. The van der Waals surface area contributed by atoms with Crippen molar-refractivity contribution in [2.24, 2.45) is 0 Å². The Morgan fingerprint density at radius 3 is 2.71 bits per heavy atom. The van der Waals surface area contributed by atoms with Crippen molar-refractivity contribution in [3.63, 3.8) is 0 Å². The van der Waals surface area contributed by atoms with Crippen LogP contribution in [0.3, 0.4) is 0 Å². The van der Waals surface area contributed by atoms with E-state index < -0.39 is 16.0 Å². The lowest BCUT2D eigenvalue weighted by Crippen LogP contribution is -2.18. The number of hydrogen-bond acceptors (Lipinski definition) is 5. The average Bonchev–Trinajstić information content (AvgIpc) is 3.00. The van der Waals surface area contributed by atoms with Crippen molar-refractivity contribution >= 4 is 38.3 Å². The van der Waals surface area contributed by atoms with Crippen LogP contribution >= 0.6 is 0 Å². The molecule has 124 valence electrons. The van der Waals surface area contributed by atoms with E-state index in [-0.39, 0.29) is 17.1 Å². The molecule has 2 aromatic carbocycles. The quantitative estimate of drug-likeness (QED) is 0.633. The van der Waals surface area contributed by atoms with E-state index in [4.69, 9.17) is 9.52 Å². The van der Waals surface area contributed by atoms with Crippen LogP contribution in [-0.2, 0) is 14.8 Å². The molecule has 0 aliphatic heterocycles. The minimum Gasteiger partial charge on any atom is -0.480 e. The van der Waals surface area contributed by atoms with Gasteiger partial charge in [0.05, 0.1) is 12.0 Å². The second kappa shape index (κ2) is 6.25. The SMILES string of the molecule is O=C(O)CNc1ccccc1S(=O)(=O)Nc1ccc2occc2c1. The van der Waals surface area contributed by atoms with Crippen LogP contribution in [0.1, 0.15) is 0 Å². The van der Waals surface area contributed by atoms with E-state index >= 15 is 0 Å². The molecular formula is C16H14N2O5S. The molecule has 0 spiro atoms. The highest BCUT2D eigenvalue weighted by Gasteiger charge is 2.19. The third-order valence-corrected chi connectivity index (χ3v) is 4.75. The first kappa shape index (κ1) is 15.9. The molecule has 0 unspecified atom stereocenters. The molecule has 3 N–H and O–H groups in total. The van der Waals surface area contributed by atoms with Gasteiger partial charge >= 0.3 is 5.97 Å². The van der Waals surface area contributed by atoms with E-state index in [1.165, 1.54) is 18.4 Å². The Morgan fingerprint density at radius 1 is 1.12 bits per heavy atom. The number of carboxylic acid groups (broad SMARTS) is 1. The van der Waals surface area contributed by atoms with E-state index in [0.717, 1.165) is 5.39 Å². The Balaban J connectivity index is 1.91. The summed E-state index contributed by atoms with van der Waals surface area (Å²) < 4.78 is 32.9. The van der Waals surface area contributed by atoms with Gasteiger partial charge in [0.25, 0.3) is 10.0 Å². The number of furan rings is 1. The molecule has 0 aliphatic rings. The summed E-state index contributed by atoms with van der Waals surface area (Å²) in [7, 11) is -3.88. The molecule has 0 amide bonds. The predicted molar refractivity (Wildman–Crippen MR) is 89.6 cm³/mol. The fourth-order valence-electron chi connectivity index (χ4n) is 2.26. The molecule has 0 saturated heterocycles. The van der Waals surface area contributed by atoms with Gasteiger partial charge in [0.2, 0.25) is 0 Å². The number of hydrogen-bond donors (Lipinski definition) is 3. The first-order valence-electron chi connectivity index (χ1n) is 7.00. The zero-order valence-corrected chi connectivity index (χ0v) is 13.2. The number of anilines is 2. The van der Waals surface area contributed by atoms with Gasteiger partial charge in [-0.25, -0.2) is 8.42 Å². The van der Waals surface area contributed by atoms with E-state index in [1.807, 2.05) is 0 Å². The summed E-state index contributed by atoms with van der Waals surface area (Å²) in [5.41, 5.74) is 1.26. The predicted octanol–water partition coefficient (Wildman–Crippen LogP) is 2.73. The zero-order valence-electron chi connectivity index (χ0n) is 12.4. The molecule has 0 radical (unpaired) electrons. The second-order valence-electron chi connectivity index (χ2n) is 5.02. The first-order valence-corrected chi connectivity index (χ1v) is 8.49. The Morgan fingerprint density at radius 2 is 1.92 bits per heavy atom. The lowest BCUT2D eigenvalue weighted by atomic mass is 10.2. The van der Waals surface area contributed by atoms with Gasteiger partial charge in [-0.1, -0.05) is 12.1 Å². The standard InChI is InChI=1S/C16H14N2O5S/c19-16(20)10-17-13-3-1-2-4-15(13)24(21,22)18-12-5-6-14-11(9-12)7-8-23-14/h1-9,17-18H,10H2,(H,19,20). The van der Waals surface area contributed by atoms with Gasteiger partial charge in [0.15, 0.2) is 0 Å². The maximum absolute atomic E-state index is 12.6. The number of nitrogens with one attached hydrogen (secondary N) is 2. The van der Waals surface area contributed by atoms with Crippen LogP contribution in [0.25, 0.3) is 11.0 Å². The van der Waals surface area contributed by atoms with E-state index in [2.05, 4.69) is 10.0 Å². The molecule has 0 saturated carbocycles. The summed E-state index contributed by atoms with van der Waals surface area (Å²) in [6.07, 6.45) is 1.52. The van der Waals surface area contributed by atoms with Crippen LogP contribution in [0, 0.1) is 0 Å². The van der Waals surface area contributed by atoms with E-state index in [0.29, 0.717) is 11.3 Å². The second-order valence-corrected chi connectivity index (χ2v) is 6.67. The van der Waals surface area contributed by atoms with Crippen LogP contribution in [-0.4, -0.2) is 26.0 Å². The van der Waals surface area contributed by atoms with Crippen molar-refractivity contribution < 1.29 is 22.7 Å². The summed E-state index contributed by atoms with van der Waals surface area (Å²) in [5, 5.41) is 12.1. The van der Waals surface area contributed by atoms with Crippen LogP contribution in [0.2, 0.25) is 0 Å². The van der Waals surface area contributed by atoms with Crippen molar-refractivity contribution in [1.29, 1.82) is 0 Å². The van der Waals surface area contributed by atoms with Crippen molar-refractivity contribution in [1.82, 2.24) is 0 Å². The summed E-state index contributed by atoms with van der Waals surface area (Å²) in [5.74, 6) is -1.08. The van der Waals surface area contributed by atoms with Gasteiger partial charge in [-0.15, -0.1) is 0 Å². The molecule has 0 bridgehead atoms. The van der Waals surface area contributed by atoms with Crippen LogP contribution in [0.15, 0.2) is 64.1 Å². The van der Waals surface area contributed by atoms with Crippen LogP contribution < -0.4 is 10.0 Å². The number of para-hydroxylation sites is 1. The molecule has 24 heavy (non-hydrogen) atoms. The number of fused-ring (bicyclic) bond motifs is 1. The Kier molecular flexibility index (Phi) is 4.13. The van der Waals surface area contributed by atoms with Crippen molar-refractivity contribution in [2.75, 3.05) is 16.6 Å². The molecule has 3 aromatic rings. The monoisotopic (exact) mass is 346 g/mol. The van der Waals surface area contributed by atoms with Crippen molar-refractivity contribution in [3.8, 4) is 0 Å². The number of benzene rings is 2. The zero-order chi connectivity index (χ0) is 17.2. The normalized spacial score (nSPS) is 11.3. The average molecular weight is 346 g/mol. The number of aliphatic carboxylic acids is 1. The summed E-state index contributed by atoms with van der Waals surface area (Å²) in [4.78, 5) is 10.7. The van der Waals surface area contributed by atoms with Gasteiger partial charge in [0, 0.05) is 11.1 Å². The van der Waals surface area contributed by atoms with Gasteiger partial charge in [-0.2, -0.15) is 0 Å². The lowest BCUT2D eigenvalue weighted by Gasteiger charge is -2.13. The lowest BCUT2D eigenvalue weighted by molar-refractivity contribution is -0.134. The Hall–Kier alpha value is -3.00. The van der Waals surface area contributed by atoms with Crippen LogP contribution in [0.4, 0.5) is 11.4 Å². The molecular weight excluding hydrogens is 332 g/mol. The topological polar surface area (TPSA) is 109 Å². The smallest absolute Gasteiger partial charge is 0.322 e. The highest BCUT2D eigenvalue weighted by atomic mass is 32.2. The molecule has 0 aliphatic carbocycles. The molecule has 8 heteroatoms. The van der Waals surface area contributed by atoms with Crippen molar-refractivity contribution in [2.45, 2.75) is 4.90 Å². The maximum Gasteiger partial charge on any atom is 0.322 e. The molecule has 1 heterocycles. The third-order valence-electron chi connectivity index (χ3n) is 3.31. The minimum atomic E-state index is -3.88. The Labute approximate surface area is 138 Å². The fraction of sp³-hybridized carbons (Fsp3) is 0.0625. The highest BCUT2D eigenvalue weighted by molar-refractivity contribution is 7.92. The molecule has 0 atom stereocenters. The molecule has 1 aromatic heterocycles. The summed E-state index contributed by atoms with van der Waals surface area (Å²) >= 11 is 0. The van der Waals surface area contributed by atoms with E-state index in [1.54, 1.807) is 36.4 Å². The van der Waals surface area contributed by atoms with E-state index in [9.17, 15) is 13.2 Å². The minimum absolute atomic E-state index is 0.0291. The maximum atomic E-state index is 12.6. The van der Waals surface area contributed by atoms with Crippen molar-refractivity contribution in [3.05, 3.63) is 54.8 Å². The van der Waals surface area contributed by atoms with Gasteiger partial charge in [-0.05, 0) is 36.4 Å².